The van der Waals surface area contributed by atoms with E-state index in [0.29, 0.717) is 5.69 Å². The van der Waals surface area contributed by atoms with Gasteiger partial charge in [0.05, 0.1) is 23.6 Å². The molecule has 0 atom stereocenters. The molecule has 0 saturated heterocycles. The Kier molecular flexibility index (Phi) is 3.19. The molecule has 104 valence electrons. The quantitative estimate of drug-likeness (QED) is 0.749. The van der Waals surface area contributed by atoms with Crippen molar-refractivity contribution in [3.63, 3.8) is 0 Å². The average Bonchev–Trinajstić information content (AvgIpc) is 2.48. The number of hydrogen-bond acceptors (Lipinski definition) is 5. The summed E-state index contributed by atoms with van der Waals surface area (Å²) < 4.78 is 0. The molecule has 0 unspecified atom stereocenters. The van der Waals surface area contributed by atoms with Crippen LogP contribution >= 0.6 is 0 Å². The van der Waals surface area contributed by atoms with Gasteiger partial charge in [-0.05, 0) is 19.1 Å². The number of para-hydroxylation sites is 1. The Morgan fingerprint density at radius 1 is 1.14 bits per heavy atom. The van der Waals surface area contributed by atoms with E-state index in [-0.39, 0.29) is 17.4 Å². The topological polar surface area (TPSA) is 93.8 Å². The molecule has 1 amide bonds. The second-order valence-corrected chi connectivity index (χ2v) is 4.61. The number of fused-ring (bicyclic) bond motifs is 1. The summed E-state index contributed by atoms with van der Waals surface area (Å²) in [6, 6.07) is 9.50. The first-order valence-corrected chi connectivity index (χ1v) is 6.39. The Bertz CT molecular complexity index is 831. The molecule has 21 heavy (non-hydrogen) atoms. The van der Waals surface area contributed by atoms with Gasteiger partial charge in [0.15, 0.2) is 0 Å². The number of amides is 1. The maximum Gasteiger partial charge on any atom is 0.276 e. The first-order valence-electron chi connectivity index (χ1n) is 6.39. The van der Waals surface area contributed by atoms with E-state index in [1.54, 1.807) is 6.07 Å². The van der Waals surface area contributed by atoms with Crippen molar-refractivity contribution in [1.82, 2.24) is 15.0 Å². The number of hydrogen-bond donors (Lipinski definition) is 2. The summed E-state index contributed by atoms with van der Waals surface area (Å²) in [6.45, 7) is 1.90. The lowest BCUT2D eigenvalue weighted by molar-refractivity contribution is 0.102. The minimum Gasteiger partial charge on any atom is -0.382 e. The van der Waals surface area contributed by atoms with Crippen molar-refractivity contribution < 1.29 is 4.79 Å². The van der Waals surface area contributed by atoms with E-state index in [1.165, 1.54) is 12.4 Å². The lowest BCUT2D eigenvalue weighted by atomic mass is 10.1. The summed E-state index contributed by atoms with van der Waals surface area (Å²) in [7, 11) is 0. The number of carbonyl (C=O) groups is 1. The molecule has 6 nitrogen and oxygen atoms in total. The highest BCUT2D eigenvalue weighted by molar-refractivity contribution is 6.07. The molecule has 0 bridgehead atoms. The van der Waals surface area contributed by atoms with Gasteiger partial charge in [-0.25, -0.2) is 4.98 Å². The molecule has 6 heteroatoms. The third kappa shape index (κ3) is 2.64. The van der Waals surface area contributed by atoms with E-state index in [0.717, 1.165) is 16.6 Å². The fraction of sp³-hybridized carbons (Fsp3) is 0.0667. The molecule has 3 aromatic rings. The van der Waals surface area contributed by atoms with Crippen molar-refractivity contribution >= 4 is 28.3 Å². The van der Waals surface area contributed by atoms with E-state index >= 15 is 0 Å². The number of anilines is 2. The number of nitrogens with two attached hydrogens (primary N) is 1. The third-order valence-corrected chi connectivity index (χ3v) is 2.99. The van der Waals surface area contributed by atoms with Gasteiger partial charge in [0.25, 0.3) is 5.91 Å². The Hall–Kier alpha value is -3.02. The molecule has 3 N–H and O–H groups in total. The van der Waals surface area contributed by atoms with Crippen LogP contribution in [0.15, 0.2) is 42.7 Å². The Labute approximate surface area is 121 Å². The van der Waals surface area contributed by atoms with Gasteiger partial charge in [-0.3, -0.25) is 14.8 Å². The van der Waals surface area contributed by atoms with Crippen LogP contribution in [0.2, 0.25) is 0 Å². The lowest BCUT2D eigenvalue weighted by Crippen LogP contribution is -2.15. The van der Waals surface area contributed by atoms with Crippen molar-refractivity contribution in [2.45, 2.75) is 6.92 Å². The Balaban J connectivity index is 1.98. The van der Waals surface area contributed by atoms with E-state index in [9.17, 15) is 4.79 Å². The van der Waals surface area contributed by atoms with Crippen LogP contribution in [-0.2, 0) is 0 Å². The molecule has 0 aliphatic heterocycles. The number of nitrogens with one attached hydrogen (secondary N) is 1. The van der Waals surface area contributed by atoms with Crippen molar-refractivity contribution in [3.05, 3.63) is 54.1 Å². The fourth-order valence-corrected chi connectivity index (χ4v) is 2.02. The summed E-state index contributed by atoms with van der Waals surface area (Å²) in [5.41, 5.74) is 7.95. The molecule has 1 aromatic carbocycles. The van der Waals surface area contributed by atoms with Crippen LogP contribution in [0.1, 0.15) is 16.2 Å². The van der Waals surface area contributed by atoms with E-state index in [4.69, 9.17) is 5.73 Å². The Morgan fingerprint density at radius 2 is 2.00 bits per heavy atom. The number of benzene rings is 1. The number of aromatic nitrogens is 3. The second-order valence-electron chi connectivity index (χ2n) is 4.61. The molecule has 2 heterocycles. The van der Waals surface area contributed by atoms with Crippen LogP contribution in [0, 0.1) is 6.92 Å². The molecule has 0 radical (unpaired) electrons. The summed E-state index contributed by atoms with van der Waals surface area (Å²) in [5.74, 6) is -0.167. The molecule has 0 spiro atoms. The van der Waals surface area contributed by atoms with Crippen molar-refractivity contribution in [2.75, 3.05) is 11.1 Å². The minimum absolute atomic E-state index is 0.166. The van der Waals surface area contributed by atoms with Crippen molar-refractivity contribution in [3.8, 4) is 0 Å². The molecular weight excluding hydrogens is 266 g/mol. The van der Waals surface area contributed by atoms with Gasteiger partial charge in [0.2, 0.25) is 0 Å². The maximum absolute atomic E-state index is 12.2. The van der Waals surface area contributed by atoms with Gasteiger partial charge in [-0.2, -0.15) is 0 Å². The van der Waals surface area contributed by atoms with Crippen LogP contribution in [-0.4, -0.2) is 20.9 Å². The second kappa shape index (κ2) is 5.16. The molecule has 3 rings (SSSR count). The zero-order valence-electron chi connectivity index (χ0n) is 11.4. The minimum atomic E-state index is -0.370. The molecule has 0 fully saturated rings. The first-order chi connectivity index (χ1) is 10.1. The number of nitrogens with zero attached hydrogens (tertiary/aromatic N) is 3. The SMILES string of the molecule is Cc1ccc2cccc(NC(=O)c3cncc(N)n3)c2n1. The largest absolute Gasteiger partial charge is 0.382 e. The normalized spacial score (nSPS) is 10.5. The van der Waals surface area contributed by atoms with Crippen LogP contribution in [0.4, 0.5) is 11.5 Å². The van der Waals surface area contributed by atoms with Crippen LogP contribution in [0.3, 0.4) is 0 Å². The van der Waals surface area contributed by atoms with Crippen LogP contribution < -0.4 is 11.1 Å². The Morgan fingerprint density at radius 3 is 2.81 bits per heavy atom. The van der Waals surface area contributed by atoms with E-state index < -0.39 is 0 Å². The predicted molar refractivity (Wildman–Crippen MR) is 80.9 cm³/mol. The number of carbonyl (C=O) groups excluding carboxylic acids is 1. The van der Waals surface area contributed by atoms with Gasteiger partial charge in [-0.15, -0.1) is 0 Å². The van der Waals surface area contributed by atoms with E-state index in [2.05, 4.69) is 20.3 Å². The summed E-state index contributed by atoms with van der Waals surface area (Å²) in [6.07, 6.45) is 2.76. The van der Waals surface area contributed by atoms with Gasteiger partial charge < -0.3 is 11.1 Å². The summed E-state index contributed by atoms with van der Waals surface area (Å²) in [5, 5.41) is 3.75. The zero-order valence-corrected chi connectivity index (χ0v) is 11.4. The number of pyridine rings is 1. The van der Waals surface area contributed by atoms with Crippen molar-refractivity contribution in [2.24, 2.45) is 0 Å². The number of nitrogen functional groups attached to an aromatic ring is 1. The smallest absolute Gasteiger partial charge is 0.276 e. The zero-order chi connectivity index (χ0) is 14.8. The molecular formula is C15H13N5O. The fourth-order valence-electron chi connectivity index (χ4n) is 2.02. The van der Waals surface area contributed by atoms with Gasteiger partial charge in [-0.1, -0.05) is 18.2 Å². The van der Waals surface area contributed by atoms with Gasteiger partial charge in [0, 0.05) is 11.1 Å². The molecule has 0 aliphatic carbocycles. The van der Waals surface area contributed by atoms with Gasteiger partial charge in [0.1, 0.15) is 11.5 Å². The summed E-state index contributed by atoms with van der Waals surface area (Å²) >= 11 is 0. The lowest BCUT2D eigenvalue weighted by Gasteiger charge is -2.08. The highest BCUT2D eigenvalue weighted by Gasteiger charge is 2.11. The van der Waals surface area contributed by atoms with Crippen LogP contribution in [0.25, 0.3) is 10.9 Å². The third-order valence-electron chi connectivity index (χ3n) is 2.99. The first kappa shape index (κ1) is 13.0. The standard InChI is InChI=1S/C15H13N5O/c1-9-5-6-10-3-2-4-11(14(10)18-9)20-15(21)12-7-17-8-13(16)19-12/h2-8H,1H3,(H2,16,19)(H,20,21). The van der Waals surface area contributed by atoms with Gasteiger partial charge >= 0.3 is 0 Å². The highest BCUT2D eigenvalue weighted by Crippen LogP contribution is 2.22. The summed E-state index contributed by atoms with van der Waals surface area (Å²) in [4.78, 5) is 24.5. The molecule has 0 saturated carbocycles. The predicted octanol–water partition coefficient (Wildman–Crippen LogP) is 2.17. The molecule has 2 aromatic heterocycles. The maximum atomic E-state index is 12.2. The average molecular weight is 279 g/mol. The van der Waals surface area contributed by atoms with E-state index in [1.807, 2.05) is 31.2 Å². The number of aryl methyl sites for hydroxylation is 1. The van der Waals surface area contributed by atoms with Crippen LogP contribution in [0.5, 0.6) is 0 Å². The number of rotatable bonds is 2. The monoisotopic (exact) mass is 279 g/mol. The molecule has 0 aliphatic rings. The highest BCUT2D eigenvalue weighted by atomic mass is 16.1. The van der Waals surface area contributed by atoms with Crippen molar-refractivity contribution in [1.29, 1.82) is 0 Å².